The first-order valence-electron chi connectivity index (χ1n) is 7.10. The van der Waals surface area contributed by atoms with Crippen molar-refractivity contribution in [3.05, 3.63) is 29.0 Å². The van der Waals surface area contributed by atoms with Crippen molar-refractivity contribution in [1.29, 1.82) is 0 Å². The topological polar surface area (TPSA) is 12.0 Å². The lowest BCUT2D eigenvalue weighted by Crippen LogP contribution is -2.40. The zero-order valence-electron chi connectivity index (χ0n) is 12.0. The van der Waals surface area contributed by atoms with Crippen molar-refractivity contribution in [2.24, 2.45) is 11.3 Å². The Bertz CT molecular complexity index is 419. The minimum atomic E-state index is -0.259. The summed E-state index contributed by atoms with van der Waals surface area (Å²) in [5.74, 6) is 0.294. The number of nitrogens with one attached hydrogen (secondary N) is 1. The Hall–Kier alpha value is -0.760. The van der Waals surface area contributed by atoms with Gasteiger partial charge >= 0.3 is 0 Å². The monoisotopic (exact) mass is 283 g/mol. The van der Waals surface area contributed by atoms with Gasteiger partial charge in [-0.25, -0.2) is 4.39 Å². The summed E-state index contributed by atoms with van der Waals surface area (Å²) < 4.78 is 13.9. The molecule has 0 aliphatic heterocycles. The van der Waals surface area contributed by atoms with Crippen molar-refractivity contribution in [2.45, 2.75) is 52.5 Å². The third-order valence-electron chi connectivity index (χ3n) is 4.17. The van der Waals surface area contributed by atoms with E-state index in [0.717, 1.165) is 6.42 Å². The van der Waals surface area contributed by atoms with Crippen LogP contribution in [0.5, 0.6) is 0 Å². The fraction of sp³-hybridized carbons (Fsp3) is 0.625. The highest BCUT2D eigenvalue weighted by Gasteiger charge is 2.34. The molecule has 1 saturated carbocycles. The van der Waals surface area contributed by atoms with Crippen LogP contribution in [-0.2, 0) is 0 Å². The van der Waals surface area contributed by atoms with Crippen LogP contribution in [0.1, 0.15) is 46.5 Å². The molecule has 0 saturated heterocycles. The number of anilines is 1. The quantitative estimate of drug-likeness (QED) is 0.756. The van der Waals surface area contributed by atoms with Crippen LogP contribution in [0.15, 0.2) is 18.2 Å². The van der Waals surface area contributed by atoms with Crippen LogP contribution in [0.2, 0.25) is 5.02 Å². The summed E-state index contributed by atoms with van der Waals surface area (Å²) in [6, 6.07) is 5.15. The van der Waals surface area contributed by atoms with Crippen molar-refractivity contribution < 1.29 is 4.39 Å². The Morgan fingerprint density at radius 1 is 1.21 bits per heavy atom. The number of hydrogen-bond donors (Lipinski definition) is 1. The molecule has 1 aromatic rings. The van der Waals surface area contributed by atoms with Gasteiger partial charge in [-0.15, -0.1) is 0 Å². The van der Waals surface area contributed by atoms with Gasteiger partial charge < -0.3 is 5.32 Å². The number of rotatable bonds is 2. The Morgan fingerprint density at radius 3 is 2.53 bits per heavy atom. The van der Waals surface area contributed by atoms with Crippen molar-refractivity contribution in [2.75, 3.05) is 5.32 Å². The molecule has 106 valence electrons. The second-order valence-electron chi connectivity index (χ2n) is 6.60. The van der Waals surface area contributed by atoms with Crippen LogP contribution in [-0.4, -0.2) is 6.04 Å². The van der Waals surface area contributed by atoms with E-state index in [0.29, 0.717) is 22.7 Å². The highest BCUT2D eigenvalue weighted by molar-refractivity contribution is 6.33. The zero-order chi connectivity index (χ0) is 14.0. The predicted octanol–water partition coefficient (Wildman–Crippen LogP) is 5.50. The maximum Gasteiger partial charge on any atom is 0.147 e. The molecule has 1 aromatic carbocycles. The van der Waals surface area contributed by atoms with Gasteiger partial charge in [0.1, 0.15) is 5.82 Å². The van der Waals surface area contributed by atoms with Crippen LogP contribution in [0.4, 0.5) is 10.1 Å². The Labute approximate surface area is 120 Å². The minimum Gasteiger partial charge on any atom is -0.378 e. The van der Waals surface area contributed by atoms with Crippen molar-refractivity contribution in [3.63, 3.8) is 0 Å². The van der Waals surface area contributed by atoms with Gasteiger partial charge in [-0.1, -0.05) is 51.3 Å². The van der Waals surface area contributed by atoms with Gasteiger partial charge in [-0.3, -0.25) is 0 Å². The molecule has 0 radical (unpaired) electrons. The summed E-state index contributed by atoms with van der Waals surface area (Å²) in [6.45, 7) is 6.79. The first-order chi connectivity index (χ1) is 8.89. The molecule has 0 heterocycles. The van der Waals surface area contributed by atoms with E-state index in [2.05, 4.69) is 26.1 Å². The van der Waals surface area contributed by atoms with Gasteiger partial charge in [0.25, 0.3) is 0 Å². The first kappa shape index (κ1) is 14.6. The average molecular weight is 284 g/mol. The van der Waals surface area contributed by atoms with E-state index in [4.69, 9.17) is 11.6 Å². The summed E-state index contributed by atoms with van der Waals surface area (Å²) >= 11 is 6.11. The molecule has 1 N–H and O–H groups in total. The van der Waals surface area contributed by atoms with E-state index in [1.165, 1.54) is 25.3 Å². The standard InChI is InChI=1S/C16H23ClFN/c1-16(2,3)11-7-4-5-10-14(11)19-15-12(17)8-6-9-13(15)18/h6,8-9,11,14,19H,4-5,7,10H2,1-3H3. The van der Waals surface area contributed by atoms with Gasteiger partial charge in [0.15, 0.2) is 0 Å². The number of benzene rings is 1. The van der Waals surface area contributed by atoms with Crippen LogP contribution in [0.3, 0.4) is 0 Å². The predicted molar refractivity (Wildman–Crippen MR) is 80.2 cm³/mol. The van der Waals surface area contributed by atoms with Gasteiger partial charge in [0.2, 0.25) is 0 Å². The molecule has 0 amide bonds. The largest absolute Gasteiger partial charge is 0.378 e. The van der Waals surface area contributed by atoms with E-state index in [9.17, 15) is 4.39 Å². The maximum atomic E-state index is 13.9. The Morgan fingerprint density at radius 2 is 1.89 bits per heavy atom. The Kier molecular flexibility index (Phi) is 4.39. The summed E-state index contributed by atoms with van der Waals surface area (Å²) in [5, 5.41) is 3.84. The molecule has 0 bridgehead atoms. The van der Waals surface area contributed by atoms with Crippen LogP contribution < -0.4 is 5.32 Å². The highest BCUT2D eigenvalue weighted by atomic mass is 35.5. The van der Waals surface area contributed by atoms with Crippen LogP contribution in [0, 0.1) is 17.2 Å². The van der Waals surface area contributed by atoms with E-state index >= 15 is 0 Å². The number of hydrogen-bond acceptors (Lipinski definition) is 1. The summed E-state index contributed by atoms with van der Waals surface area (Å²) in [5.41, 5.74) is 0.695. The molecule has 1 aliphatic carbocycles. The third-order valence-corrected chi connectivity index (χ3v) is 4.49. The van der Waals surface area contributed by atoms with Crippen molar-refractivity contribution in [1.82, 2.24) is 0 Å². The van der Waals surface area contributed by atoms with Crippen LogP contribution in [0.25, 0.3) is 0 Å². The maximum absolute atomic E-state index is 13.9. The van der Waals surface area contributed by atoms with Gasteiger partial charge in [-0.05, 0) is 36.3 Å². The molecule has 2 atom stereocenters. The minimum absolute atomic E-state index is 0.232. The average Bonchev–Trinajstić information content (AvgIpc) is 2.33. The zero-order valence-corrected chi connectivity index (χ0v) is 12.7. The molecular formula is C16H23ClFN. The van der Waals surface area contributed by atoms with Crippen LogP contribution >= 0.6 is 11.6 Å². The lowest BCUT2D eigenvalue weighted by atomic mass is 9.69. The van der Waals surface area contributed by atoms with Crippen molar-refractivity contribution >= 4 is 17.3 Å². The van der Waals surface area contributed by atoms with Crippen molar-refractivity contribution in [3.8, 4) is 0 Å². The molecular weight excluding hydrogens is 261 g/mol. The molecule has 1 nitrogen and oxygen atoms in total. The summed E-state index contributed by atoms with van der Waals surface area (Å²) in [4.78, 5) is 0. The molecule has 0 spiro atoms. The molecule has 2 unspecified atom stereocenters. The summed E-state index contributed by atoms with van der Waals surface area (Å²) in [6.07, 6.45) is 4.77. The van der Waals surface area contributed by atoms with Gasteiger partial charge in [-0.2, -0.15) is 0 Å². The highest BCUT2D eigenvalue weighted by Crippen LogP contribution is 2.40. The normalized spacial score (nSPS) is 24.3. The van der Waals surface area contributed by atoms with E-state index in [-0.39, 0.29) is 11.2 Å². The van der Waals surface area contributed by atoms with Gasteiger partial charge in [0.05, 0.1) is 10.7 Å². The van der Waals surface area contributed by atoms with Gasteiger partial charge in [0, 0.05) is 6.04 Å². The first-order valence-corrected chi connectivity index (χ1v) is 7.48. The van der Waals surface area contributed by atoms with E-state index < -0.39 is 0 Å². The fourth-order valence-electron chi connectivity index (χ4n) is 3.16. The molecule has 3 heteroatoms. The molecule has 1 fully saturated rings. The lowest BCUT2D eigenvalue weighted by molar-refractivity contribution is 0.162. The molecule has 2 rings (SSSR count). The summed E-state index contributed by atoms with van der Waals surface area (Å²) in [7, 11) is 0. The van der Waals surface area contributed by atoms with E-state index in [1.54, 1.807) is 12.1 Å². The SMILES string of the molecule is CC(C)(C)C1CCCCC1Nc1c(F)cccc1Cl. The second-order valence-corrected chi connectivity index (χ2v) is 7.01. The number of para-hydroxylation sites is 1. The molecule has 1 aliphatic rings. The smallest absolute Gasteiger partial charge is 0.147 e. The number of halogens is 2. The lowest BCUT2D eigenvalue weighted by Gasteiger charge is -2.41. The Balaban J connectivity index is 2.20. The third kappa shape index (κ3) is 3.42. The second kappa shape index (κ2) is 5.70. The fourth-order valence-corrected chi connectivity index (χ4v) is 3.38. The van der Waals surface area contributed by atoms with E-state index in [1.807, 2.05) is 0 Å². The molecule has 0 aromatic heterocycles. The molecule has 19 heavy (non-hydrogen) atoms.